The van der Waals surface area contributed by atoms with Gasteiger partial charge in [-0.15, -0.1) is 0 Å². The lowest BCUT2D eigenvalue weighted by atomic mass is 10.1. The van der Waals surface area contributed by atoms with Crippen LogP contribution in [0.15, 0.2) is 34.9 Å². The number of nitrogens with zero attached hydrogens (tertiary/aromatic N) is 1. The largest absolute Gasteiger partial charge is 0.444 e. The monoisotopic (exact) mass is 287 g/mol. The zero-order valence-corrected chi connectivity index (χ0v) is 12.3. The first kappa shape index (κ1) is 15.3. The van der Waals surface area contributed by atoms with Crippen LogP contribution in [0.2, 0.25) is 0 Å². The zero-order chi connectivity index (χ0) is 15.1. The van der Waals surface area contributed by atoms with Gasteiger partial charge >= 0.3 is 0 Å². The van der Waals surface area contributed by atoms with E-state index in [1.807, 2.05) is 31.2 Å². The molecule has 1 heterocycles. The van der Waals surface area contributed by atoms with Crippen molar-refractivity contribution in [3.8, 4) is 11.5 Å². The number of aromatic nitrogens is 1. The standard InChI is InChI=1S/C16H21N3O2/c1-12-4-6-13(7-5-12)16-19-14(11-21-16)8-10-18-15(20)3-2-9-17/h4-7,11H,2-3,8-10,17H2,1H3,(H,18,20). The van der Waals surface area contributed by atoms with Gasteiger partial charge in [0.1, 0.15) is 6.26 Å². The summed E-state index contributed by atoms with van der Waals surface area (Å²) in [5.74, 6) is 0.641. The average molecular weight is 287 g/mol. The number of hydrogen-bond acceptors (Lipinski definition) is 4. The van der Waals surface area contributed by atoms with E-state index in [1.54, 1.807) is 6.26 Å². The summed E-state index contributed by atoms with van der Waals surface area (Å²) in [7, 11) is 0. The van der Waals surface area contributed by atoms with E-state index in [0.29, 0.717) is 38.2 Å². The molecule has 0 spiro atoms. The molecule has 3 N–H and O–H groups in total. The number of benzene rings is 1. The van der Waals surface area contributed by atoms with Crippen LogP contribution in [-0.4, -0.2) is 24.0 Å². The van der Waals surface area contributed by atoms with Gasteiger partial charge in [-0.3, -0.25) is 4.79 Å². The van der Waals surface area contributed by atoms with E-state index < -0.39 is 0 Å². The summed E-state index contributed by atoms with van der Waals surface area (Å²) in [4.78, 5) is 15.9. The van der Waals surface area contributed by atoms with Crippen molar-refractivity contribution in [2.75, 3.05) is 13.1 Å². The van der Waals surface area contributed by atoms with Gasteiger partial charge in [0.15, 0.2) is 0 Å². The summed E-state index contributed by atoms with van der Waals surface area (Å²) in [6.07, 6.45) is 3.49. The molecule has 0 aliphatic carbocycles. The zero-order valence-electron chi connectivity index (χ0n) is 12.3. The topological polar surface area (TPSA) is 81.2 Å². The minimum atomic E-state index is 0.0303. The molecule has 0 unspecified atom stereocenters. The van der Waals surface area contributed by atoms with E-state index in [9.17, 15) is 4.79 Å². The number of carbonyl (C=O) groups excluding carboxylic acids is 1. The Bertz CT molecular complexity index is 575. The minimum absolute atomic E-state index is 0.0303. The van der Waals surface area contributed by atoms with Crippen molar-refractivity contribution in [3.63, 3.8) is 0 Å². The number of hydrogen-bond donors (Lipinski definition) is 2. The molecule has 0 atom stereocenters. The lowest BCUT2D eigenvalue weighted by Crippen LogP contribution is -2.26. The maximum Gasteiger partial charge on any atom is 0.226 e. The van der Waals surface area contributed by atoms with Crippen LogP contribution in [0, 0.1) is 6.92 Å². The minimum Gasteiger partial charge on any atom is -0.444 e. The Labute approximate surface area is 124 Å². The SMILES string of the molecule is Cc1ccc(-c2nc(CCNC(=O)CCCN)co2)cc1. The molecule has 1 aromatic carbocycles. The Balaban J connectivity index is 1.83. The quantitative estimate of drug-likeness (QED) is 0.816. The first-order chi connectivity index (χ1) is 10.2. The molecule has 0 saturated heterocycles. The number of aryl methyl sites for hydroxylation is 1. The first-order valence-corrected chi connectivity index (χ1v) is 7.17. The molecule has 5 heteroatoms. The summed E-state index contributed by atoms with van der Waals surface area (Å²) in [6.45, 7) is 3.14. The molecule has 1 amide bonds. The normalized spacial score (nSPS) is 10.6. The number of carbonyl (C=O) groups is 1. The van der Waals surface area contributed by atoms with E-state index in [0.717, 1.165) is 11.3 Å². The van der Waals surface area contributed by atoms with Gasteiger partial charge < -0.3 is 15.5 Å². The predicted octanol–water partition coefficient (Wildman–Crippen LogP) is 2.05. The number of nitrogens with two attached hydrogens (primary N) is 1. The van der Waals surface area contributed by atoms with Crippen LogP contribution in [0.5, 0.6) is 0 Å². The maximum absolute atomic E-state index is 11.4. The molecule has 5 nitrogen and oxygen atoms in total. The van der Waals surface area contributed by atoms with Gasteiger partial charge in [0.2, 0.25) is 11.8 Å². The molecule has 21 heavy (non-hydrogen) atoms. The second kappa shape index (κ2) is 7.59. The van der Waals surface area contributed by atoms with E-state index in [4.69, 9.17) is 10.2 Å². The molecular formula is C16H21N3O2. The average Bonchev–Trinajstić information content (AvgIpc) is 2.95. The van der Waals surface area contributed by atoms with Crippen molar-refractivity contribution in [1.29, 1.82) is 0 Å². The highest BCUT2D eigenvalue weighted by Gasteiger charge is 2.07. The van der Waals surface area contributed by atoms with Gasteiger partial charge in [-0.1, -0.05) is 17.7 Å². The maximum atomic E-state index is 11.4. The molecular weight excluding hydrogens is 266 g/mol. The van der Waals surface area contributed by atoms with Gasteiger partial charge in [0.05, 0.1) is 5.69 Å². The molecule has 112 valence electrons. The third-order valence-corrected chi connectivity index (χ3v) is 3.16. The van der Waals surface area contributed by atoms with Crippen molar-refractivity contribution < 1.29 is 9.21 Å². The number of oxazole rings is 1. The molecule has 0 fully saturated rings. The van der Waals surface area contributed by atoms with Crippen LogP contribution in [0.3, 0.4) is 0 Å². The van der Waals surface area contributed by atoms with E-state index >= 15 is 0 Å². The lowest BCUT2D eigenvalue weighted by molar-refractivity contribution is -0.121. The summed E-state index contributed by atoms with van der Waals surface area (Å²) in [5.41, 5.74) is 8.36. The van der Waals surface area contributed by atoms with Gasteiger partial charge in [0, 0.05) is 24.9 Å². The highest BCUT2D eigenvalue weighted by molar-refractivity contribution is 5.75. The van der Waals surface area contributed by atoms with Crippen molar-refractivity contribution in [1.82, 2.24) is 10.3 Å². The molecule has 0 aliphatic rings. The number of amides is 1. The number of nitrogens with one attached hydrogen (secondary N) is 1. The Morgan fingerprint density at radius 1 is 1.33 bits per heavy atom. The van der Waals surface area contributed by atoms with Crippen molar-refractivity contribution in [2.24, 2.45) is 5.73 Å². The van der Waals surface area contributed by atoms with E-state index in [2.05, 4.69) is 10.3 Å². The number of rotatable bonds is 7. The highest BCUT2D eigenvalue weighted by atomic mass is 16.3. The summed E-state index contributed by atoms with van der Waals surface area (Å²) < 4.78 is 5.47. The third-order valence-electron chi connectivity index (χ3n) is 3.16. The Morgan fingerprint density at radius 3 is 2.81 bits per heavy atom. The molecule has 2 aromatic rings. The van der Waals surface area contributed by atoms with Gasteiger partial charge in [-0.25, -0.2) is 4.98 Å². The van der Waals surface area contributed by atoms with Crippen LogP contribution in [0.1, 0.15) is 24.1 Å². The summed E-state index contributed by atoms with van der Waals surface area (Å²) in [6, 6.07) is 8.02. The van der Waals surface area contributed by atoms with E-state index in [-0.39, 0.29) is 5.91 Å². The predicted molar refractivity (Wildman–Crippen MR) is 81.7 cm³/mol. The Kier molecular flexibility index (Phi) is 5.51. The van der Waals surface area contributed by atoms with Crippen LogP contribution >= 0.6 is 0 Å². The van der Waals surface area contributed by atoms with Gasteiger partial charge in [-0.05, 0) is 32.0 Å². The smallest absolute Gasteiger partial charge is 0.226 e. The molecule has 0 radical (unpaired) electrons. The van der Waals surface area contributed by atoms with Gasteiger partial charge in [0.25, 0.3) is 0 Å². The Morgan fingerprint density at radius 2 is 2.10 bits per heavy atom. The summed E-state index contributed by atoms with van der Waals surface area (Å²) >= 11 is 0. The van der Waals surface area contributed by atoms with Gasteiger partial charge in [-0.2, -0.15) is 0 Å². The van der Waals surface area contributed by atoms with Crippen molar-refractivity contribution >= 4 is 5.91 Å². The molecule has 0 aliphatic heterocycles. The van der Waals surface area contributed by atoms with Crippen LogP contribution in [-0.2, 0) is 11.2 Å². The van der Waals surface area contributed by atoms with E-state index in [1.165, 1.54) is 5.56 Å². The Hall–Kier alpha value is -2.14. The molecule has 1 aromatic heterocycles. The fourth-order valence-corrected chi connectivity index (χ4v) is 1.93. The van der Waals surface area contributed by atoms with Crippen molar-refractivity contribution in [3.05, 3.63) is 41.8 Å². The molecule has 0 saturated carbocycles. The highest BCUT2D eigenvalue weighted by Crippen LogP contribution is 2.19. The fraction of sp³-hybridized carbons (Fsp3) is 0.375. The first-order valence-electron chi connectivity index (χ1n) is 7.17. The lowest BCUT2D eigenvalue weighted by Gasteiger charge is -2.02. The summed E-state index contributed by atoms with van der Waals surface area (Å²) in [5, 5.41) is 2.85. The molecule has 2 rings (SSSR count). The van der Waals surface area contributed by atoms with Crippen LogP contribution < -0.4 is 11.1 Å². The van der Waals surface area contributed by atoms with Crippen molar-refractivity contribution in [2.45, 2.75) is 26.2 Å². The second-order valence-corrected chi connectivity index (χ2v) is 5.00. The van der Waals surface area contributed by atoms with Crippen LogP contribution in [0.25, 0.3) is 11.5 Å². The fourth-order valence-electron chi connectivity index (χ4n) is 1.93. The second-order valence-electron chi connectivity index (χ2n) is 5.00. The third kappa shape index (κ3) is 4.72. The van der Waals surface area contributed by atoms with Crippen LogP contribution in [0.4, 0.5) is 0 Å². The molecule has 0 bridgehead atoms.